The number of carbonyl (C=O) groups excluding carboxylic acids is 3. The number of anilines is 1. The van der Waals surface area contributed by atoms with Crippen LogP contribution in [0.2, 0.25) is 0 Å². The molecule has 0 bridgehead atoms. The van der Waals surface area contributed by atoms with E-state index in [1.54, 1.807) is 25.1 Å². The Hall–Kier alpha value is -2.63. The molecule has 1 saturated heterocycles. The Morgan fingerprint density at radius 3 is 2.43 bits per heavy atom. The van der Waals surface area contributed by atoms with Gasteiger partial charge in [-0.3, -0.25) is 14.9 Å². The molecule has 2 N–H and O–H groups in total. The molecule has 1 aliphatic heterocycles. The summed E-state index contributed by atoms with van der Waals surface area (Å²) in [7, 11) is 0. The highest BCUT2D eigenvalue weighted by Gasteiger charge is 2.44. The number of hydrogen-bond donors (Lipinski definition) is 2. The van der Waals surface area contributed by atoms with E-state index < -0.39 is 23.8 Å². The number of carbonyl (C=O) groups is 3. The molecule has 3 rings (SSSR count). The van der Waals surface area contributed by atoms with E-state index in [4.69, 9.17) is 0 Å². The second-order valence-electron chi connectivity index (χ2n) is 5.90. The highest BCUT2D eigenvalue weighted by atomic mass is 16.2. The summed E-state index contributed by atoms with van der Waals surface area (Å²) in [5.74, 6) is -2.12. The van der Waals surface area contributed by atoms with Gasteiger partial charge in [-0.2, -0.15) is 0 Å². The molecule has 1 aliphatic carbocycles. The van der Waals surface area contributed by atoms with E-state index in [9.17, 15) is 14.4 Å². The van der Waals surface area contributed by atoms with Gasteiger partial charge in [0.05, 0.1) is 5.69 Å². The molecule has 1 aromatic carbocycles. The first-order chi connectivity index (χ1) is 11.0. The van der Waals surface area contributed by atoms with E-state index in [1.165, 1.54) is 0 Å². The molecule has 1 aromatic rings. The lowest BCUT2D eigenvalue weighted by molar-refractivity contribution is -0.132. The number of nitrogens with one attached hydrogen (secondary N) is 2. The van der Waals surface area contributed by atoms with E-state index in [2.05, 4.69) is 10.6 Å². The maximum atomic E-state index is 12.8. The molecule has 1 unspecified atom stereocenters. The molecular formula is C17H19N3O3. The van der Waals surface area contributed by atoms with Crippen molar-refractivity contribution in [2.45, 2.75) is 32.7 Å². The van der Waals surface area contributed by atoms with Crippen molar-refractivity contribution in [3.05, 3.63) is 41.6 Å². The highest BCUT2D eigenvalue weighted by molar-refractivity contribution is 6.28. The van der Waals surface area contributed by atoms with Gasteiger partial charge in [-0.25, -0.2) is 9.69 Å². The monoisotopic (exact) mass is 313 g/mol. The van der Waals surface area contributed by atoms with Crippen molar-refractivity contribution in [2.75, 3.05) is 4.90 Å². The second kappa shape index (κ2) is 5.87. The van der Waals surface area contributed by atoms with Crippen molar-refractivity contribution < 1.29 is 14.4 Å². The minimum absolute atomic E-state index is 0.312. The number of aryl methyl sites for hydroxylation is 1. The maximum absolute atomic E-state index is 12.8. The molecule has 4 amide bonds. The number of amides is 4. The van der Waals surface area contributed by atoms with Crippen LogP contribution >= 0.6 is 0 Å². The molecule has 1 atom stereocenters. The Morgan fingerprint density at radius 2 is 1.87 bits per heavy atom. The van der Waals surface area contributed by atoms with E-state index >= 15 is 0 Å². The third-order valence-electron chi connectivity index (χ3n) is 4.03. The zero-order chi connectivity index (χ0) is 16.6. The summed E-state index contributed by atoms with van der Waals surface area (Å²) in [6.07, 6.45) is 3.78. The van der Waals surface area contributed by atoms with E-state index in [0.29, 0.717) is 17.4 Å². The Morgan fingerprint density at radius 1 is 1.22 bits per heavy atom. The molecule has 1 heterocycles. The minimum atomic E-state index is -1.01. The summed E-state index contributed by atoms with van der Waals surface area (Å²) < 4.78 is 0. The lowest BCUT2D eigenvalue weighted by Gasteiger charge is -2.31. The summed E-state index contributed by atoms with van der Waals surface area (Å²) in [6, 6.07) is 6.64. The van der Waals surface area contributed by atoms with Crippen LogP contribution in [0, 0.1) is 12.8 Å². The molecular weight excluding hydrogens is 294 g/mol. The Balaban J connectivity index is 1.91. The topological polar surface area (TPSA) is 78.5 Å². The number of allylic oxidation sites excluding steroid dienone is 1. The fourth-order valence-electron chi connectivity index (χ4n) is 2.58. The molecule has 0 radical (unpaired) electrons. The summed E-state index contributed by atoms with van der Waals surface area (Å²) in [4.78, 5) is 38.1. The molecule has 6 heteroatoms. The fourth-order valence-corrected chi connectivity index (χ4v) is 2.58. The van der Waals surface area contributed by atoms with Crippen LogP contribution in [0.5, 0.6) is 0 Å². The molecule has 23 heavy (non-hydrogen) atoms. The van der Waals surface area contributed by atoms with Crippen LogP contribution in [0.15, 0.2) is 36.0 Å². The summed E-state index contributed by atoms with van der Waals surface area (Å²) in [5, 5.41) is 5.49. The first-order valence-electron chi connectivity index (χ1n) is 7.69. The standard InChI is InChI=1S/C17H19N3O3/c1-3-13(18-11-6-7-11)14-15(21)19-17(23)20(16(14)22)12-8-4-10(2)5-9-12/h3-5,8-9,11,14,18H,6-7H2,1-2H3,(H,19,21,23). The van der Waals surface area contributed by atoms with Gasteiger partial charge in [0.15, 0.2) is 5.92 Å². The lowest BCUT2D eigenvalue weighted by atomic mass is 9.99. The van der Waals surface area contributed by atoms with Crippen molar-refractivity contribution in [1.29, 1.82) is 0 Å². The van der Waals surface area contributed by atoms with Gasteiger partial charge in [0, 0.05) is 11.7 Å². The van der Waals surface area contributed by atoms with Gasteiger partial charge in [-0.15, -0.1) is 0 Å². The SMILES string of the molecule is CC=C(NC1CC1)C1C(=O)NC(=O)N(c2ccc(C)cc2)C1=O. The second-order valence-corrected chi connectivity index (χ2v) is 5.90. The van der Waals surface area contributed by atoms with Crippen LogP contribution < -0.4 is 15.5 Å². The van der Waals surface area contributed by atoms with Gasteiger partial charge in [0.25, 0.3) is 5.91 Å². The van der Waals surface area contributed by atoms with Gasteiger partial charge in [-0.05, 0) is 38.8 Å². The van der Waals surface area contributed by atoms with E-state index in [1.807, 2.05) is 19.1 Å². The summed E-state index contributed by atoms with van der Waals surface area (Å²) in [5.41, 5.74) is 2.04. The number of barbiturate groups is 1. The smallest absolute Gasteiger partial charge is 0.335 e. The highest BCUT2D eigenvalue weighted by Crippen LogP contribution is 2.27. The Bertz CT molecular complexity index is 690. The fraction of sp³-hybridized carbons (Fsp3) is 0.353. The average Bonchev–Trinajstić information content (AvgIpc) is 3.31. The molecule has 6 nitrogen and oxygen atoms in total. The van der Waals surface area contributed by atoms with Gasteiger partial charge >= 0.3 is 6.03 Å². The number of nitrogens with zero attached hydrogens (tertiary/aromatic N) is 1. The third kappa shape index (κ3) is 2.97. The zero-order valence-electron chi connectivity index (χ0n) is 13.1. The van der Waals surface area contributed by atoms with Gasteiger partial charge < -0.3 is 5.32 Å². The van der Waals surface area contributed by atoms with Crippen molar-refractivity contribution in [3.8, 4) is 0 Å². The van der Waals surface area contributed by atoms with Crippen LogP contribution in [0.4, 0.5) is 10.5 Å². The predicted octanol–water partition coefficient (Wildman–Crippen LogP) is 1.85. The van der Waals surface area contributed by atoms with Crippen molar-refractivity contribution >= 4 is 23.5 Å². The van der Waals surface area contributed by atoms with Crippen molar-refractivity contribution in [1.82, 2.24) is 10.6 Å². The lowest BCUT2D eigenvalue weighted by Crippen LogP contribution is -2.59. The van der Waals surface area contributed by atoms with E-state index in [0.717, 1.165) is 23.3 Å². The predicted molar refractivity (Wildman–Crippen MR) is 85.6 cm³/mol. The molecule has 2 aliphatic rings. The van der Waals surface area contributed by atoms with Gasteiger partial charge in [0.2, 0.25) is 5.91 Å². The summed E-state index contributed by atoms with van der Waals surface area (Å²) in [6.45, 7) is 3.70. The number of hydrogen-bond acceptors (Lipinski definition) is 4. The minimum Gasteiger partial charge on any atom is -0.385 e. The van der Waals surface area contributed by atoms with Crippen LogP contribution in [0.25, 0.3) is 0 Å². The van der Waals surface area contributed by atoms with Crippen LogP contribution in [-0.2, 0) is 9.59 Å². The molecule has 0 spiro atoms. The largest absolute Gasteiger partial charge is 0.385 e. The first-order valence-corrected chi connectivity index (χ1v) is 7.69. The van der Waals surface area contributed by atoms with Crippen LogP contribution in [0.3, 0.4) is 0 Å². The number of imide groups is 2. The van der Waals surface area contributed by atoms with Crippen LogP contribution in [-0.4, -0.2) is 23.9 Å². The number of urea groups is 1. The van der Waals surface area contributed by atoms with Gasteiger partial charge in [-0.1, -0.05) is 23.8 Å². The first kappa shape index (κ1) is 15.3. The number of benzene rings is 1. The zero-order valence-corrected chi connectivity index (χ0v) is 13.1. The average molecular weight is 313 g/mol. The summed E-state index contributed by atoms with van der Waals surface area (Å²) >= 11 is 0. The molecule has 0 aromatic heterocycles. The Kier molecular flexibility index (Phi) is 3.90. The molecule has 1 saturated carbocycles. The molecule has 2 fully saturated rings. The molecule has 120 valence electrons. The maximum Gasteiger partial charge on any atom is 0.335 e. The number of rotatable bonds is 4. The van der Waals surface area contributed by atoms with Crippen molar-refractivity contribution in [2.24, 2.45) is 5.92 Å². The quantitative estimate of drug-likeness (QED) is 0.832. The van der Waals surface area contributed by atoms with Crippen LogP contribution in [0.1, 0.15) is 25.3 Å². The van der Waals surface area contributed by atoms with Gasteiger partial charge in [0.1, 0.15) is 0 Å². The normalized spacial score (nSPS) is 22.2. The van der Waals surface area contributed by atoms with E-state index in [-0.39, 0.29) is 0 Å². The third-order valence-corrected chi connectivity index (χ3v) is 4.03. The van der Waals surface area contributed by atoms with Crippen molar-refractivity contribution in [3.63, 3.8) is 0 Å². The Labute approximate surface area is 134 Å².